The van der Waals surface area contributed by atoms with Crippen molar-refractivity contribution in [2.45, 2.75) is 23.1 Å². The van der Waals surface area contributed by atoms with Gasteiger partial charge in [0.15, 0.2) is 4.34 Å². The third-order valence-corrected chi connectivity index (χ3v) is 4.22. The van der Waals surface area contributed by atoms with Crippen molar-refractivity contribution in [3.63, 3.8) is 0 Å². The Labute approximate surface area is 102 Å². The SMILES string of the molecule is Cc1csc(Sc2cc(C)c(F)cc2N)n1. The number of aryl methyl sites for hydroxylation is 2. The molecular weight excluding hydrogens is 243 g/mol. The number of halogens is 1. The molecule has 0 aliphatic carbocycles. The van der Waals surface area contributed by atoms with Gasteiger partial charge in [0.2, 0.25) is 0 Å². The van der Waals surface area contributed by atoms with Crippen LogP contribution in [0.15, 0.2) is 26.7 Å². The van der Waals surface area contributed by atoms with Crippen LogP contribution in [0.2, 0.25) is 0 Å². The van der Waals surface area contributed by atoms with Crippen LogP contribution in [0.25, 0.3) is 0 Å². The first kappa shape index (κ1) is 11.4. The van der Waals surface area contributed by atoms with E-state index in [-0.39, 0.29) is 5.82 Å². The number of hydrogen-bond donors (Lipinski definition) is 1. The van der Waals surface area contributed by atoms with E-state index < -0.39 is 0 Å². The van der Waals surface area contributed by atoms with Crippen molar-refractivity contribution in [2.75, 3.05) is 5.73 Å². The molecule has 0 atom stereocenters. The van der Waals surface area contributed by atoms with E-state index in [9.17, 15) is 4.39 Å². The number of nitrogens with two attached hydrogens (primary N) is 1. The molecule has 0 bridgehead atoms. The summed E-state index contributed by atoms with van der Waals surface area (Å²) in [5.74, 6) is -0.267. The fourth-order valence-electron chi connectivity index (χ4n) is 1.23. The van der Waals surface area contributed by atoms with Gasteiger partial charge in [-0.3, -0.25) is 0 Å². The highest BCUT2D eigenvalue weighted by atomic mass is 32.2. The summed E-state index contributed by atoms with van der Waals surface area (Å²) in [4.78, 5) is 5.19. The molecule has 0 unspecified atom stereocenters. The predicted molar refractivity (Wildman–Crippen MR) is 66.5 cm³/mol. The van der Waals surface area contributed by atoms with Crippen LogP contribution in [-0.4, -0.2) is 4.98 Å². The molecule has 0 spiro atoms. The minimum Gasteiger partial charge on any atom is -0.398 e. The summed E-state index contributed by atoms with van der Waals surface area (Å²) in [6, 6.07) is 3.12. The molecule has 1 aromatic heterocycles. The van der Waals surface area contributed by atoms with E-state index in [4.69, 9.17) is 5.73 Å². The smallest absolute Gasteiger partial charge is 0.154 e. The standard InChI is InChI=1S/C11H11FN2S2/c1-6-3-10(9(13)4-8(6)12)16-11-14-7(2)5-15-11/h3-5H,13H2,1-2H3. The largest absolute Gasteiger partial charge is 0.398 e. The molecule has 0 radical (unpaired) electrons. The van der Waals surface area contributed by atoms with Gasteiger partial charge in [0, 0.05) is 21.7 Å². The second-order valence-electron chi connectivity index (χ2n) is 3.50. The highest BCUT2D eigenvalue weighted by Crippen LogP contribution is 2.35. The lowest BCUT2D eigenvalue weighted by Gasteiger charge is -2.05. The first-order valence-corrected chi connectivity index (χ1v) is 6.41. The second kappa shape index (κ2) is 4.43. The number of thiazole rings is 1. The molecule has 0 aliphatic heterocycles. The Morgan fingerprint density at radius 3 is 2.75 bits per heavy atom. The molecular formula is C11H11FN2S2. The summed E-state index contributed by atoms with van der Waals surface area (Å²) >= 11 is 3.04. The van der Waals surface area contributed by atoms with Crippen LogP contribution < -0.4 is 5.73 Å². The van der Waals surface area contributed by atoms with Crippen molar-refractivity contribution in [1.82, 2.24) is 4.98 Å². The maximum atomic E-state index is 13.2. The lowest BCUT2D eigenvalue weighted by molar-refractivity contribution is 0.618. The summed E-state index contributed by atoms with van der Waals surface area (Å²) < 4.78 is 14.1. The van der Waals surface area contributed by atoms with Gasteiger partial charge in [0.05, 0.1) is 0 Å². The molecule has 0 aliphatic rings. The van der Waals surface area contributed by atoms with Crippen molar-refractivity contribution in [2.24, 2.45) is 0 Å². The fourth-order valence-corrected chi connectivity index (χ4v) is 3.15. The minimum absolute atomic E-state index is 0.267. The molecule has 1 aromatic carbocycles. The number of nitrogens with zero attached hydrogens (tertiary/aromatic N) is 1. The second-order valence-corrected chi connectivity index (χ2v) is 5.64. The molecule has 2 nitrogen and oxygen atoms in total. The van der Waals surface area contributed by atoms with Crippen molar-refractivity contribution >= 4 is 28.8 Å². The van der Waals surface area contributed by atoms with Crippen LogP contribution in [0.3, 0.4) is 0 Å². The zero-order chi connectivity index (χ0) is 11.7. The van der Waals surface area contributed by atoms with Crippen LogP contribution >= 0.6 is 23.1 Å². The predicted octanol–water partition coefficient (Wildman–Crippen LogP) is 3.63. The summed E-state index contributed by atoms with van der Waals surface area (Å²) in [6.45, 7) is 3.67. The number of anilines is 1. The van der Waals surface area contributed by atoms with Crippen molar-refractivity contribution in [1.29, 1.82) is 0 Å². The molecule has 5 heteroatoms. The lowest BCUT2D eigenvalue weighted by atomic mass is 10.2. The van der Waals surface area contributed by atoms with Gasteiger partial charge in [-0.1, -0.05) is 11.8 Å². The first-order valence-electron chi connectivity index (χ1n) is 4.72. The van der Waals surface area contributed by atoms with Gasteiger partial charge in [0.25, 0.3) is 0 Å². The van der Waals surface area contributed by atoms with Crippen LogP contribution in [0.4, 0.5) is 10.1 Å². The van der Waals surface area contributed by atoms with Gasteiger partial charge >= 0.3 is 0 Å². The lowest BCUT2D eigenvalue weighted by Crippen LogP contribution is -1.92. The quantitative estimate of drug-likeness (QED) is 0.832. The van der Waals surface area contributed by atoms with Gasteiger partial charge < -0.3 is 5.73 Å². The van der Waals surface area contributed by atoms with E-state index in [1.807, 2.05) is 12.3 Å². The van der Waals surface area contributed by atoms with Crippen molar-refractivity contribution < 1.29 is 4.39 Å². The number of benzene rings is 1. The highest BCUT2D eigenvalue weighted by molar-refractivity contribution is 8.01. The van der Waals surface area contributed by atoms with E-state index >= 15 is 0 Å². The Kier molecular flexibility index (Phi) is 3.16. The third kappa shape index (κ3) is 2.36. The molecule has 0 saturated heterocycles. The Balaban J connectivity index is 2.31. The molecule has 2 aromatic rings. The average molecular weight is 254 g/mol. The number of hydrogen-bond acceptors (Lipinski definition) is 4. The number of rotatable bonds is 2. The molecule has 2 rings (SSSR count). The minimum atomic E-state index is -0.267. The molecule has 16 heavy (non-hydrogen) atoms. The van der Waals surface area contributed by atoms with Gasteiger partial charge in [0.1, 0.15) is 5.82 Å². The van der Waals surface area contributed by atoms with Gasteiger partial charge in [-0.05, 0) is 31.5 Å². The van der Waals surface area contributed by atoms with Crippen molar-refractivity contribution in [3.8, 4) is 0 Å². The number of aromatic nitrogens is 1. The molecule has 0 saturated carbocycles. The Morgan fingerprint density at radius 2 is 2.12 bits per heavy atom. The molecule has 1 heterocycles. The fraction of sp³-hybridized carbons (Fsp3) is 0.182. The maximum absolute atomic E-state index is 13.2. The van der Waals surface area contributed by atoms with Gasteiger partial charge in [-0.15, -0.1) is 11.3 Å². The third-order valence-electron chi connectivity index (χ3n) is 2.09. The molecule has 0 amide bonds. The topological polar surface area (TPSA) is 38.9 Å². The summed E-state index contributed by atoms with van der Waals surface area (Å²) in [5.41, 5.74) is 7.81. The average Bonchev–Trinajstić information content (AvgIpc) is 2.60. The summed E-state index contributed by atoms with van der Waals surface area (Å²) in [6.07, 6.45) is 0. The zero-order valence-electron chi connectivity index (χ0n) is 8.95. The Hall–Kier alpha value is -1.07. The Bertz CT molecular complexity index is 523. The molecule has 2 N–H and O–H groups in total. The summed E-state index contributed by atoms with van der Waals surface area (Å²) in [7, 11) is 0. The van der Waals surface area contributed by atoms with Gasteiger partial charge in [-0.25, -0.2) is 9.37 Å². The van der Waals surface area contributed by atoms with E-state index in [0.29, 0.717) is 11.3 Å². The summed E-state index contributed by atoms with van der Waals surface area (Å²) in [5, 5.41) is 1.98. The molecule has 0 fully saturated rings. The van der Waals surface area contributed by atoms with E-state index in [1.54, 1.807) is 24.3 Å². The van der Waals surface area contributed by atoms with E-state index in [0.717, 1.165) is 14.9 Å². The maximum Gasteiger partial charge on any atom is 0.154 e. The Morgan fingerprint density at radius 1 is 1.38 bits per heavy atom. The first-order chi connectivity index (χ1) is 7.56. The zero-order valence-corrected chi connectivity index (χ0v) is 10.6. The van der Waals surface area contributed by atoms with Crippen molar-refractivity contribution in [3.05, 3.63) is 34.6 Å². The van der Waals surface area contributed by atoms with Crippen LogP contribution in [0.1, 0.15) is 11.3 Å². The van der Waals surface area contributed by atoms with E-state index in [1.165, 1.54) is 17.8 Å². The van der Waals surface area contributed by atoms with Crippen LogP contribution in [0, 0.1) is 19.7 Å². The van der Waals surface area contributed by atoms with Gasteiger partial charge in [-0.2, -0.15) is 0 Å². The normalized spacial score (nSPS) is 10.7. The van der Waals surface area contributed by atoms with E-state index in [2.05, 4.69) is 4.98 Å². The van der Waals surface area contributed by atoms with Crippen LogP contribution in [-0.2, 0) is 0 Å². The molecule has 84 valence electrons. The van der Waals surface area contributed by atoms with Crippen LogP contribution in [0.5, 0.6) is 0 Å². The monoisotopic (exact) mass is 254 g/mol. The number of nitrogen functional groups attached to an aromatic ring is 1. The highest BCUT2D eigenvalue weighted by Gasteiger charge is 2.08.